The third kappa shape index (κ3) is 4.86. The number of aliphatic hydroxyl groups is 1. The number of piperazine rings is 1. The molecule has 7 rings (SSSR count). The van der Waals surface area contributed by atoms with Gasteiger partial charge in [-0.15, -0.1) is 0 Å². The number of nitrogens with one attached hydrogen (secondary N) is 1. The molecule has 11 heteroatoms. The predicted octanol–water partition coefficient (Wildman–Crippen LogP) is 2.90. The molecule has 10 atom stereocenters. The molecule has 0 unspecified atom stereocenters. The van der Waals surface area contributed by atoms with E-state index in [2.05, 4.69) is 36.0 Å². The first kappa shape index (κ1) is 31.1. The van der Waals surface area contributed by atoms with Crippen molar-refractivity contribution in [3.63, 3.8) is 0 Å². The van der Waals surface area contributed by atoms with Gasteiger partial charge in [-0.2, -0.15) is 0 Å². The lowest BCUT2D eigenvalue weighted by Gasteiger charge is -2.64. The van der Waals surface area contributed by atoms with Crippen molar-refractivity contribution < 1.29 is 33.3 Å². The highest BCUT2D eigenvalue weighted by molar-refractivity contribution is 5.67. The number of fused-ring (bicyclic) bond motifs is 3. The summed E-state index contributed by atoms with van der Waals surface area (Å²) >= 11 is 0. The Morgan fingerprint density at radius 1 is 1.02 bits per heavy atom. The summed E-state index contributed by atoms with van der Waals surface area (Å²) in [6.07, 6.45) is 5.16. The van der Waals surface area contributed by atoms with Crippen LogP contribution in [0.15, 0.2) is 27.6 Å². The summed E-state index contributed by atoms with van der Waals surface area (Å²) in [4.78, 5) is 41.5. The van der Waals surface area contributed by atoms with Gasteiger partial charge in [-0.25, -0.2) is 9.59 Å². The maximum absolute atomic E-state index is 12.7. The Balaban J connectivity index is 1.04. The van der Waals surface area contributed by atoms with Crippen LogP contribution in [0.2, 0.25) is 0 Å². The Kier molecular flexibility index (Phi) is 7.66. The van der Waals surface area contributed by atoms with Crippen molar-refractivity contribution in [3.05, 3.63) is 34.4 Å². The second kappa shape index (κ2) is 11.1. The molecular weight excluding hydrogens is 578 g/mol. The number of hydrogen-bond donors (Lipinski definition) is 2. The molecule has 45 heavy (non-hydrogen) atoms. The number of rotatable bonds is 6. The summed E-state index contributed by atoms with van der Waals surface area (Å²) < 4.78 is 23.8. The second-order valence-electron chi connectivity index (χ2n) is 15.3. The van der Waals surface area contributed by atoms with Crippen molar-refractivity contribution in [2.75, 3.05) is 46.3 Å². The summed E-state index contributed by atoms with van der Waals surface area (Å²) in [5, 5.41) is 15.2. The van der Waals surface area contributed by atoms with Crippen LogP contribution in [0.25, 0.3) is 0 Å². The van der Waals surface area contributed by atoms with E-state index in [1.165, 1.54) is 19.3 Å². The van der Waals surface area contributed by atoms with E-state index >= 15 is 0 Å². The molecule has 0 aromatic carbocycles. The number of nitrogens with zero attached hydrogens (tertiary/aromatic N) is 2. The zero-order chi connectivity index (χ0) is 31.8. The molecular formula is C34H49N3O8. The number of esters is 1. The lowest BCUT2D eigenvalue weighted by atomic mass is 9.42. The van der Waals surface area contributed by atoms with Crippen molar-refractivity contribution in [2.24, 2.45) is 22.7 Å². The number of hydrogen-bond acceptors (Lipinski definition) is 10. The molecule has 1 aromatic heterocycles. The molecule has 2 N–H and O–H groups in total. The van der Waals surface area contributed by atoms with Crippen LogP contribution in [0.4, 0.5) is 4.79 Å². The van der Waals surface area contributed by atoms with Crippen LogP contribution in [-0.2, 0) is 19.0 Å². The van der Waals surface area contributed by atoms with E-state index in [0.717, 1.165) is 64.0 Å². The number of amides is 1. The second-order valence-corrected chi connectivity index (χ2v) is 15.3. The van der Waals surface area contributed by atoms with E-state index in [4.69, 9.17) is 18.6 Å². The quantitative estimate of drug-likeness (QED) is 0.358. The van der Waals surface area contributed by atoms with Crippen LogP contribution in [0.3, 0.4) is 0 Å². The lowest BCUT2D eigenvalue weighted by molar-refractivity contribution is -0.224. The van der Waals surface area contributed by atoms with E-state index in [9.17, 15) is 19.5 Å². The van der Waals surface area contributed by atoms with Gasteiger partial charge in [-0.05, 0) is 74.5 Å². The minimum absolute atomic E-state index is 0.155. The van der Waals surface area contributed by atoms with Gasteiger partial charge in [0.1, 0.15) is 23.9 Å². The summed E-state index contributed by atoms with van der Waals surface area (Å²) in [6.45, 7) is 11.4. The van der Waals surface area contributed by atoms with Gasteiger partial charge in [0, 0.05) is 70.0 Å². The molecule has 4 aliphatic carbocycles. The van der Waals surface area contributed by atoms with Crippen LogP contribution in [0.5, 0.6) is 0 Å². The van der Waals surface area contributed by atoms with Crippen LogP contribution >= 0.6 is 0 Å². The van der Waals surface area contributed by atoms with Crippen molar-refractivity contribution in [2.45, 2.75) is 101 Å². The highest BCUT2D eigenvalue weighted by Gasteiger charge is 2.85. The average molecular weight is 628 g/mol. The largest absolute Gasteiger partial charge is 0.459 e. The lowest BCUT2D eigenvalue weighted by Crippen LogP contribution is -2.65. The number of ether oxygens (including phenoxy) is 3. The molecule has 1 spiro atoms. The monoisotopic (exact) mass is 627 g/mol. The predicted molar refractivity (Wildman–Crippen MR) is 164 cm³/mol. The van der Waals surface area contributed by atoms with E-state index in [-0.39, 0.29) is 46.8 Å². The van der Waals surface area contributed by atoms with E-state index in [1.807, 2.05) is 0 Å². The van der Waals surface area contributed by atoms with Gasteiger partial charge in [0.05, 0.1) is 11.9 Å². The molecule has 1 amide bonds. The topological polar surface area (TPSA) is 134 Å². The van der Waals surface area contributed by atoms with E-state index in [0.29, 0.717) is 25.8 Å². The SMILES string of the molecule is CC(=O)O[C@H]1[C@H]2O[C@]23[C@@H]2CC[C@]4(O)C[C@@H](OC(=O)NCCN5CCN(C)CC5)CC[C@]4(C)[C@H]2CC[C@]3(C)[C@H]1c1ccc(=O)oc1. The molecule has 2 saturated heterocycles. The van der Waals surface area contributed by atoms with Gasteiger partial charge >= 0.3 is 17.7 Å². The Hall–Kier alpha value is -2.47. The molecule has 11 nitrogen and oxygen atoms in total. The molecule has 0 radical (unpaired) electrons. The number of carbonyl (C=O) groups excluding carboxylic acids is 2. The third-order valence-electron chi connectivity index (χ3n) is 13.2. The fraction of sp³-hybridized carbons (Fsp3) is 0.794. The number of carbonyl (C=O) groups is 2. The number of likely N-dealkylation sites (N-methyl/N-ethyl adjacent to an activating group) is 1. The van der Waals surface area contributed by atoms with Crippen LogP contribution in [0.1, 0.15) is 77.2 Å². The highest BCUT2D eigenvalue weighted by Crippen LogP contribution is 2.78. The summed E-state index contributed by atoms with van der Waals surface area (Å²) in [5.41, 5.74) is -1.65. The molecule has 248 valence electrons. The van der Waals surface area contributed by atoms with Crippen molar-refractivity contribution in [3.8, 4) is 0 Å². The van der Waals surface area contributed by atoms with Gasteiger partial charge in [0.2, 0.25) is 0 Å². The molecule has 4 saturated carbocycles. The minimum atomic E-state index is -0.942. The minimum Gasteiger partial charge on any atom is -0.459 e. The zero-order valence-corrected chi connectivity index (χ0v) is 27.1. The Bertz CT molecular complexity index is 1360. The summed E-state index contributed by atoms with van der Waals surface area (Å²) in [5.74, 6) is -0.0877. The number of alkyl carbamates (subject to hydrolysis) is 1. The third-order valence-corrected chi connectivity index (χ3v) is 13.2. The van der Waals surface area contributed by atoms with E-state index < -0.39 is 29.0 Å². The standard InChI is InChI=1S/C34H49N3O8/c1-21(38)43-28-27(22-5-6-26(39)42-20-22)32(3)11-8-24-25(34(32)29(28)45-34)9-12-33(41)19-23(7-10-31(24,33)2)44-30(40)35-13-14-37-17-15-36(4)16-18-37/h5-6,20,23-25,27-29,41H,7-19H2,1-4H3,(H,35,40)/t23-,24-,25+,27-,28+,29+,31+,32+,33-,34+/m0/s1. The smallest absolute Gasteiger partial charge is 0.407 e. The molecule has 1 aromatic rings. The van der Waals surface area contributed by atoms with Gasteiger partial charge in [-0.3, -0.25) is 9.69 Å². The first-order valence-electron chi connectivity index (χ1n) is 16.9. The molecule has 3 heterocycles. The Morgan fingerprint density at radius 2 is 1.76 bits per heavy atom. The fourth-order valence-corrected chi connectivity index (χ4v) is 10.8. The Morgan fingerprint density at radius 3 is 2.47 bits per heavy atom. The van der Waals surface area contributed by atoms with Gasteiger partial charge in [-0.1, -0.05) is 13.8 Å². The molecule has 0 bridgehead atoms. The van der Waals surface area contributed by atoms with Crippen LogP contribution in [-0.4, -0.2) is 103 Å². The number of epoxide rings is 1. The maximum Gasteiger partial charge on any atom is 0.407 e. The van der Waals surface area contributed by atoms with Crippen molar-refractivity contribution >= 4 is 12.1 Å². The van der Waals surface area contributed by atoms with Crippen LogP contribution in [0, 0.1) is 22.7 Å². The average Bonchev–Trinajstić information content (AvgIpc) is 3.69. The van der Waals surface area contributed by atoms with Crippen molar-refractivity contribution in [1.82, 2.24) is 15.1 Å². The molecule has 2 aliphatic heterocycles. The maximum atomic E-state index is 12.7. The zero-order valence-electron chi connectivity index (χ0n) is 27.1. The van der Waals surface area contributed by atoms with Gasteiger partial charge in [0.25, 0.3) is 0 Å². The van der Waals surface area contributed by atoms with Gasteiger partial charge in [0.15, 0.2) is 0 Å². The van der Waals surface area contributed by atoms with Crippen LogP contribution < -0.4 is 10.9 Å². The van der Waals surface area contributed by atoms with Crippen molar-refractivity contribution in [1.29, 1.82) is 0 Å². The molecule has 6 aliphatic rings. The fourth-order valence-electron chi connectivity index (χ4n) is 10.8. The Labute approximate surface area is 264 Å². The van der Waals surface area contributed by atoms with E-state index in [1.54, 1.807) is 6.07 Å². The van der Waals surface area contributed by atoms with Gasteiger partial charge < -0.3 is 34.0 Å². The summed E-state index contributed by atoms with van der Waals surface area (Å²) in [6, 6.07) is 3.23. The molecule has 6 fully saturated rings. The first-order valence-corrected chi connectivity index (χ1v) is 16.9. The normalized spacial score (nSPS) is 44.1. The summed E-state index contributed by atoms with van der Waals surface area (Å²) in [7, 11) is 2.13. The highest BCUT2D eigenvalue weighted by atomic mass is 16.7. The first-order chi connectivity index (χ1) is 21.4.